The first-order chi connectivity index (χ1) is 6.70. The fraction of sp³-hybridized carbons (Fsp3) is 0.333. The summed E-state index contributed by atoms with van der Waals surface area (Å²) in [4.78, 5) is 10.1. The maximum absolute atomic E-state index is 13.3. The predicted molar refractivity (Wildman–Crippen MR) is 48.4 cm³/mol. The van der Waals surface area contributed by atoms with E-state index in [-0.39, 0.29) is 17.3 Å². The molecule has 0 saturated carbocycles. The van der Waals surface area contributed by atoms with Crippen molar-refractivity contribution in [1.82, 2.24) is 5.32 Å². The number of nitro groups is 1. The average Bonchev–Trinajstić information content (AvgIpc) is 2.04. The molecule has 0 amide bonds. The Hall–Kier alpha value is -1.49. The molecule has 1 saturated heterocycles. The van der Waals surface area contributed by atoms with Crippen LogP contribution in [0.5, 0.6) is 0 Å². The van der Waals surface area contributed by atoms with E-state index < -0.39 is 10.7 Å². The summed E-state index contributed by atoms with van der Waals surface area (Å²) in [5.41, 5.74) is 0.0472. The fourth-order valence-electron chi connectivity index (χ4n) is 1.56. The van der Waals surface area contributed by atoms with Crippen LogP contribution in [0, 0.1) is 15.9 Å². The molecule has 1 aliphatic heterocycles. The Balaban J connectivity index is 2.47. The molecule has 14 heavy (non-hydrogen) atoms. The first-order valence-corrected chi connectivity index (χ1v) is 4.36. The number of hydrogen-bond donors (Lipinski definition) is 1. The largest absolute Gasteiger partial charge is 0.309 e. The Morgan fingerprint density at radius 3 is 2.79 bits per heavy atom. The lowest BCUT2D eigenvalue weighted by atomic mass is 9.96. The molecule has 1 aromatic rings. The van der Waals surface area contributed by atoms with Gasteiger partial charge in [-0.15, -0.1) is 0 Å². The molecule has 1 N–H and O–H groups in total. The second-order valence-electron chi connectivity index (χ2n) is 3.23. The molecule has 1 aliphatic rings. The van der Waals surface area contributed by atoms with E-state index in [1.54, 1.807) is 0 Å². The van der Waals surface area contributed by atoms with Crippen molar-refractivity contribution in [2.45, 2.75) is 12.5 Å². The van der Waals surface area contributed by atoms with Gasteiger partial charge in [0, 0.05) is 12.1 Å². The highest BCUT2D eigenvalue weighted by Crippen LogP contribution is 2.32. The third-order valence-corrected chi connectivity index (χ3v) is 2.40. The van der Waals surface area contributed by atoms with Crippen molar-refractivity contribution in [3.8, 4) is 0 Å². The van der Waals surface area contributed by atoms with Gasteiger partial charge >= 0.3 is 0 Å². The summed E-state index contributed by atoms with van der Waals surface area (Å²) in [5.74, 6) is -0.503. The minimum atomic E-state index is -0.543. The Bertz CT molecular complexity index is 377. The Morgan fingerprint density at radius 1 is 1.57 bits per heavy atom. The molecule has 0 aromatic heterocycles. The third-order valence-electron chi connectivity index (χ3n) is 2.40. The minimum absolute atomic E-state index is 0.137. The van der Waals surface area contributed by atoms with Gasteiger partial charge < -0.3 is 5.32 Å². The maximum Gasteiger partial charge on any atom is 0.277 e. The van der Waals surface area contributed by atoms with Gasteiger partial charge in [0.1, 0.15) is 5.82 Å². The highest BCUT2D eigenvalue weighted by molar-refractivity contribution is 5.43. The summed E-state index contributed by atoms with van der Waals surface area (Å²) in [6, 6.07) is 3.74. The highest BCUT2D eigenvalue weighted by Gasteiger charge is 2.29. The van der Waals surface area contributed by atoms with Crippen molar-refractivity contribution in [2.75, 3.05) is 6.54 Å². The zero-order valence-electron chi connectivity index (χ0n) is 7.37. The average molecular weight is 196 g/mol. The summed E-state index contributed by atoms with van der Waals surface area (Å²) in [5, 5.41) is 13.6. The molecule has 0 spiro atoms. The second kappa shape index (κ2) is 3.34. The number of benzene rings is 1. The molecule has 0 unspecified atom stereocenters. The van der Waals surface area contributed by atoms with Crippen LogP contribution in [0.1, 0.15) is 18.0 Å². The summed E-state index contributed by atoms with van der Waals surface area (Å²) < 4.78 is 13.3. The molecule has 5 heteroatoms. The zero-order valence-corrected chi connectivity index (χ0v) is 7.37. The second-order valence-corrected chi connectivity index (χ2v) is 3.23. The molecule has 0 aliphatic carbocycles. The predicted octanol–water partition coefficient (Wildman–Crippen LogP) is 1.77. The summed E-state index contributed by atoms with van der Waals surface area (Å²) in [6.07, 6.45) is 0.752. The fourth-order valence-corrected chi connectivity index (χ4v) is 1.56. The van der Waals surface area contributed by atoms with Gasteiger partial charge in [-0.1, -0.05) is 6.07 Å². The maximum atomic E-state index is 13.3. The van der Waals surface area contributed by atoms with Gasteiger partial charge in [-0.25, -0.2) is 4.39 Å². The summed E-state index contributed by atoms with van der Waals surface area (Å²) in [6.45, 7) is 0.788. The number of nitrogens with one attached hydrogen (secondary N) is 1. The van der Waals surface area contributed by atoms with Crippen LogP contribution in [0.3, 0.4) is 0 Å². The van der Waals surface area contributed by atoms with Crippen molar-refractivity contribution in [2.24, 2.45) is 0 Å². The lowest BCUT2D eigenvalue weighted by Crippen LogP contribution is -2.36. The van der Waals surface area contributed by atoms with E-state index in [1.807, 2.05) is 0 Å². The van der Waals surface area contributed by atoms with Crippen LogP contribution in [0.2, 0.25) is 0 Å². The molecule has 2 rings (SSSR count). The van der Waals surface area contributed by atoms with Gasteiger partial charge in [0.05, 0.1) is 10.5 Å². The van der Waals surface area contributed by atoms with E-state index in [0.717, 1.165) is 13.0 Å². The molecule has 1 atom stereocenters. The standard InChI is InChI=1S/C9H9FN2O2/c10-6-2-1-3-8(12(13)14)9(6)7-4-5-11-7/h1-3,7,11H,4-5H2/t7-/m1/s1. The van der Waals surface area contributed by atoms with E-state index in [4.69, 9.17) is 0 Å². The van der Waals surface area contributed by atoms with Crippen molar-refractivity contribution in [3.63, 3.8) is 0 Å². The topological polar surface area (TPSA) is 55.2 Å². The third kappa shape index (κ3) is 1.35. The van der Waals surface area contributed by atoms with Gasteiger partial charge in [0.15, 0.2) is 0 Å². The first-order valence-electron chi connectivity index (χ1n) is 4.36. The van der Waals surface area contributed by atoms with Gasteiger partial charge in [0.25, 0.3) is 5.69 Å². The Kier molecular flexibility index (Phi) is 2.17. The molecule has 0 radical (unpaired) electrons. The number of hydrogen-bond acceptors (Lipinski definition) is 3. The molecule has 1 heterocycles. The van der Waals surface area contributed by atoms with Gasteiger partial charge in [-0.2, -0.15) is 0 Å². The number of nitro benzene ring substituents is 1. The lowest BCUT2D eigenvalue weighted by Gasteiger charge is -2.27. The molecule has 1 aromatic carbocycles. The quantitative estimate of drug-likeness (QED) is 0.579. The lowest BCUT2D eigenvalue weighted by molar-refractivity contribution is -0.386. The Morgan fingerprint density at radius 2 is 2.29 bits per heavy atom. The molecular formula is C9H9FN2O2. The van der Waals surface area contributed by atoms with Gasteiger partial charge in [-0.3, -0.25) is 10.1 Å². The van der Waals surface area contributed by atoms with Crippen molar-refractivity contribution >= 4 is 5.69 Å². The van der Waals surface area contributed by atoms with Crippen LogP contribution >= 0.6 is 0 Å². The van der Waals surface area contributed by atoms with Gasteiger partial charge in [0.2, 0.25) is 0 Å². The minimum Gasteiger partial charge on any atom is -0.309 e. The number of halogens is 1. The van der Waals surface area contributed by atoms with E-state index in [2.05, 4.69) is 5.32 Å². The Labute approximate surface area is 79.9 Å². The van der Waals surface area contributed by atoms with Crippen LogP contribution in [0.25, 0.3) is 0 Å². The van der Waals surface area contributed by atoms with Crippen molar-refractivity contribution in [3.05, 3.63) is 39.7 Å². The highest BCUT2D eigenvalue weighted by atomic mass is 19.1. The molecule has 1 fully saturated rings. The first kappa shape index (κ1) is 9.08. The monoisotopic (exact) mass is 196 g/mol. The van der Waals surface area contributed by atoms with E-state index in [1.165, 1.54) is 18.2 Å². The number of rotatable bonds is 2. The normalized spacial score (nSPS) is 20.2. The van der Waals surface area contributed by atoms with E-state index in [9.17, 15) is 14.5 Å². The van der Waals surface area contributed by atoms with E-state index >= 15 is 0 Å². The van der Waals surface area contributed by atoms with Crippen LogP contribution < -0.4 is 5.32 Å². The molecular weight excluding hydrogens is 187 g/mol. The van der Waals surface area contributed by atoms with Crippen LogP contribution in [0.4, 0.5) is 10.1 Å². The van der Waals surface area contributed by atoms with Crippen LogP contribution in [0.15, 0.2) is 18.2 Å². The van der Waals surface area contributed by atoms with Crippen LogP contribution in [-0.4, -0.2) is 11.5 Å². The molecule has 4 nitrogen and oxygen atoms in total. The molecule has 0 bridgehead atoms. The van der Waals surface area contributed by atoms with E-state index in [0.29, 0.717) is 0 Å². The molecule has 74 valence electrons. The summed E-state index contributed by atoms with van der Waals surface area (Å²) >= 11 is 0. The SMILES string of the molecule is O=[N+]([O-])c1cccc(F)c1[C@H]1CCN1. The summed E-state index contributed by atoms with van der Waals surface area (Å²) in [7, 11) is 0. The van der Waals surface area contributed by atoms with Crippen molar-refractivity contribution in [1.29, 1.82) is 0 Å². The number of nitrogens with zero attached hydrogens (tertiary/aromatic N) is 1. The van der Waals surface area contributed by atoms with Gasteiger partial charge in [-0.05, 0) is 19.0 Å². The smallest absolute Gasteiger partial charge is 0.277 e. The zero-order chi connectivity index (χ0) is 10.1. The van der Waals surface area contributed by atoms with Crippen LogP contribution in [-0.2, 0) is 0 Å². The van der Waals surface area contributed by atoms with Crippen molar-refractivity contribution < 1.29 is 9.31 Å².